The van der Waals surface area contributed by atoms with Crippen molar-refractivity contribution in [2.75, 3.05) is 5.73 Å². The van der Waals surface area contributed by atoms with Crippen LogP contribution in [0.15, 0.2) is 33.3 Å². The summed E-state index contributed by atoms with van der Waals surface area (Å²) in [5.41, 5.74) is 7.93. The van der Waals surface area contributed by atoms with Crippen LogP contribution in [0.3, 0.4) is 0 Å². The quantitative estimate of drug-likeness (QED) is 0.898. The highest BCUT2D eigenvalue weighted by Gasteiger charge is 2.21. The zero-order valence-electron chi connectivity index (χ0n) is 10.6. The van der Waals surface area contributed by atoms with E-state index in [0.29, 0.717) is 11.7 Å². The summed E-state index contributed by atoms with van der Waals surface area (Å²) >= 11 is 3.48. The molecule has 2 rings (SSSR count). The van der Waals surface area contributed by atoms with Crippen molar-refractivity contribution in [1.82, 2.24) is 5.16 Å². The molecule has 96 valence electrons. The first kappa shape index (κ1) is 13.1. The highest BCUT2D eigenvalue weighted by molar-refractivity contribution is 9.10. The summed E-state index contributed by atoms with van der Waals surface area (Å²) < 4.78 is 6.47. The average molecular weight is 309 g/mol. The predicted octanol–water partition coefficient (Wildman–Crippen LogP) is 4.59. The Hall–Kier alpha value is -1.29. The summed E-state index contributed by atoms with van der Waals surface area (Å²) in [4.78, 5) is 0. The van der Waals surface area contributed by atoms with E-state index in [0.717, 1.165) is 34.2 Å². The lowest BCUT2D eigenvalue weighted by Gasteiger charge is -2.11. The lowest BCUT2D eigenvalue weighted by Crippen LogP contribution is -1.97. The van der Waals surface area contributed by atoms with E-state index in [1.807, 2.05) is 24.3 Å². The first-order chi connectivity index (χ1) is 8.67. The third kappa shape index (κ3) is 2.43. The van der Waals surface area contributed by atoms with Gasteiger partial charge in [-0.2, -0.15) is 0 Å². The van der Waals surface area contributed by atoms with Crippen molar-refractivity contribution in [2.45, 2.75) is 32.6 Å². The number of nitrogen functional groups attached to an aromatic ring is 1. The first-order valence-electron chi connectivity index (χ1n) is 6.18. The second-order valence-electron chi connectivity index (χ2n) is 4.33. The third-order valence-corrected chi connectivity index (χ3v) is 3.71. The Labute approximate surface area is 115 Å². The smallest absolute Gasteiger partial charge is 0.175 e. The largest absolute Gasteiger partial charge is 0.380 e. The lowest BCUT2D eigenvalue weighted by molar-refractivity contribution is 0.356. The van der Waals surface area contributed by atoms with E-state index in [4.69, 9.17) is 10.3 Å². The van der Waals surface area contributed by atoms with Gasteiger partial charge in [-0.3, -0.25) is 0 Å². The van der Waals surface area contributed by atoms with Gasteiger partial charge in [-0.05, 0) is 30.5 Å². The van der Waals surface area contributed by atoms with E-state index >= 15 is 0 Å². The number of rotatable bonds is 4. The van der Waals surface area contributed by atoms with Crippen molar-refractivity contribution < 1.29 is 4.52 Å². The molecule has 0 fully saturated rings. The van der Waals surface area contributed by atoms with Gasteiger partial charge in [-0.25, -0.2) is 0 Å². The first-order valence-corrected chi connectivity index (χ1v) is 6.97. The molecule has 0 aliphatic heterocycles. The number of nitrogens with two attached hydrogens (primary N) is 1. The van der Waals surface area contributed by atoms with Gasteiger partial charge in [-0.1, -0.05) is 47.1 Å². The number of halogens is 1. The number of benzene rings is 1. The summed E-state index contributed by atoms with van der Waals surface area (Å²) in [7, 11) is 0. The second-order valence-corrected chi connectivity index (χ2v) is 5.25. The number of hydrogen-bond acceptors (Lipinski definition) is 3. The molecule has 2 N–H and O–H groups in total. The van der Waals surface area contributed by atoms with Crippen molar-refractivity contribution in [3.05, 3.63) is 34.5 Å². The highest BCUT2D eigenvalue weighted by Crippen LogP contribution is 2.37. The molecular formula is C14H17BrN2O. The Balaban J connectivity index is 2.53. The van der Waals surface area contributed by atoms with Crippen LogP contribution in [0.25, 0.3) is 11.1 Å². The van der Waals surface area contributed by atoms with Crippen LogP contribution < -0.4 is 5.73 Å². The summed E-state index contributed by atoms with van der Waals surface area (Å²) in [5, 5.41) is 3.93. The van der Waals surface area contributed by atoms with Gasteiger partial charge in [0.2, 0.25) is 0 Å². The van der Waals surface area contributed by atoms with Gasteiger partial charge >= 0.3 is 0 Å². The van der Waals surface area contributed by atoms with Crippen LogP contribution in [0.5, 0.6) is 0 Å². The Bertz CT molecular complexity index is 532. The Morgan fingerprint density at radius 3 is 2.67 bits per heavy atom. The molecule has 0 atom stereocenters. The maximum absolute atomic E-state index is 5.95. The maximum Gasteiger partial charge on any atom is 0.175 e. The lowest BCUT2D eigenvalue weighted by atomic mass is 9.94. The van der Waals surface area contributed by atoms with Crippen LogP contribution in [0, 0.1) is 0 Å². The van der Waals surface area contributed by atoms with Crippen LogP contribution in [-0.4, -0.2) is 5.16 Å². The van der Waals surface area contributed by atoms with Crippen molar-refractivity contribution in [2.24, 2.45) is 0 Å². The molecule has 2 aromatic rings. The molecule has 1 heterocycles. The zero-order valence-corrected chi connectivity index (χ0v) is 12.2. The van der Waals surface area contributed by atoms with Gasteiger partial charge in [0, 0.05) is 10.4 Å². The van der Waals surface area contributed by atoms with E-state index in [9.17, 15) is 0 Å². The maximum atomic E-state index is 5.95. The fraction of sp³-hybridized carbons (Fsp3) is 0.357. The summed E-state index contributed by atoms with van der Waals surface area (Å²) in [6.07, 6.45) is 2.04. The van der Waals surface area contributed by atoms with E-state index in [-0.39, 0.29) is 0 Å². The fourth-order valence-corrected chi connectivity index (χ4v) is 2.59. The number of hydrogen-bond donors (Lipinski definition) is 1. The molecule has 18 heavy (non-hydrogen) atoms. The molecule has 0 amide bonds. The molecule has 0 aliphatic rings. The molecule has 0 spiro atoms. The fourth-order valence-electron chi connectivity index (χ4n) is 2.19. The van der Waals surface area contributed by atoms with E-state index in [1.165, 1.54) is 0 Å². The predicted molar refractivity (Wildman–Crippen MR) is 77.4 cm³/mol. The van der Waals surface area contributed by atoms with Gasteiger partial charge in [0.15, 0.2) is 5.82 Å². The third-order valence-electron chi connectivity index (χ3n) is 3.21. The monoisotopic (exact) mass is 308 g/mol. The van der Waals surface area contributed by atoms with Crippen LogP contribution in [0.4, 0.5) is 5.82 Å². The molecule has 1 aromatic carbocycles. The molecule has 3 nitrogen and oxygen atoms in total. The molecule has 0 saturated heterocycles. The zero-order chi connectivity index (χ0) is 13.1. The van der Waals surface area contributed by atoms with Gasteiger partial charge in [0.1, 0.15) is 5.76 Å². The number of aromatic nitrogens is 1. The number of anilines is 1. The molecule has 0 aliphatic carbocycles. The van der Waals surface area contributed by atoms with Crippen LogP contribution in [-0.2, 0) is 0 Å². The summed E-state index contributed by atoms with van der Waals surface area (Å²) in [5.74, 6) is 1.73. The van der Waals surface area contributed by atoms with Gasteiger partial charge in [0.05, 0.1) is 5.56 Å². The average Bonchev–Trinajstić information content (AvgIpc) is 2.73. The van der Waals surface area contributed by atoms with Gasteiger partial charge in [0.25, 0.3) is 0 Å². The molecule has 0 bridgehead atoms. The minimum atomic E-state index is 0.365. The highest BCUT2D eigenvalue weighted by atomic mass is 79.9. The standard InChI is InChI=1S/C14H17BrN2O/c1-3-9(4-2)13-12(14(16)17-18-13)10-6-5-7-11(15)8-10/h5-9H,3-4H2,1-2H3,(H2,16,17). The van der Waals surface area contributed by atoms with E-state index in [1.54, 1.807) is 0 Å². The molecule has 4 heteroatoms. The molecule has 0 unspecified atom stereocenters. The van der Waals surface area contributed by atoms with E-state index in [2.05, 4.69) is 34.9 Å². The minimum absolute atomic E-state index is 0.365. The van der Waals surface area contributed by atoms with Crippen LogP contribution in [0.1, 0.15) is 38.4 Å². The van der Waals surface area contributed by atoms with Crippen molar-refractivity contribution >= 4 is 21.7 Å². The van der Waals surface area contributed by atoms with Crippen LogP contribution >= 0.6 is 15.9 Å². The second kappa shape index (κ2) is 5.57. The summed E-state index contributed by atoms with van der Waals surface area (Å²) in [6, 6.07) is 8.04. The SMILES string of the molecule is CCC(CC)c1onc(N)c1-c1cccc(Br)c1. The Morgan fingerprint density at radius 1 is 1.33 bits per heavy atom. The van der Waals surface area contributed by atoms with E-state index < -0.39 is 0 Å². The number of nitrogens with zero attached hydrogens (tertiary/aromatic N) is 1. The molecule has 0 radical (unpaired) electrons. The summed E-state index contributed by atoms with van der Waals surface area (Å²) in [6.45, 7) is 4.30. The van der Waals surface area contributed by atoms with Gasteiger partial charge in [-0.15, -0.1) is 0 Å². The topological polar surface area (TPSA) is 52.0 Å². The van der Waals surface area contributed by atoms with Crippen molar-refractivity contribution in [3.63, 3.8) is 0 Å². The Morgan fingerprint density at radius 2 is 2.06 bits per heavy atom. The minimum Gasteiger partial charge on any atom is -0.380 e. The molecule has 1 aromatic heterocycles. The normalized spacial score (nSPS) is 11.1. The Kier molecular flexibility index (Phi) is 4.07. The molecule has 0 saturated carbocycles. The van der Waals surface area contributed by atoms with Crippen LogP contribution in [0.2, 0.25) is 0 Å². The van der Waals surface area contributed by atoms with Crippen molar-refractivity contribution in [3.8, 4) is 11.1 Å². The van der Waals surface area contributed by atoms with Gasteiger partial charge < -0.3 is 10.3 Å². The molecular weight excluding hydrogens is 292 g/mol. The van der Waals surface area contributed by atoms with Crippen molar-refractivity contribution in [1.29, 1.82) is 0 Å².